The first-order chi connectivity index (χ1) is 8.29. The Hall–Kier alpha value is -2.27. The Bertz CT molecular complexity index is 526. The van der Waals surface area contributed by atoms with Crippen LogP contribution in [0.25, 0.3) is 0 Å². The Kier molecular flexibility index (Phi) is 3.42. The highest BCUT2D eigenvalue weighted by atomic mass is 14.9. The second-order valence-electron chi connectivity index (χ2n) is 3.97. The van der Waals surface area contributed by atoms with Gasteiger partial charge in [-0.2, -0.15) is 5.26 Å². The summed E-state index contributed by atoms with van der Waals surface area (Å²) in [5.74, 6) is 0. The first-order valence-electron chi connectivity index (χ1n) is 5.61. The van der Waals surface area contributed by atoms with Crippen molar-refractivity contribution in [3.05, 3.63) is 65.7 Å². The molecule has 0 radical (unpaired) electrons. The second kappa shape index (κ2) is 5.18. The number of rotatable bonds is 3. The number of nitriles is 1. The zero-order chi connectivity index (χ0) is 12.1. The standard InChI is InChI=1S/C15H14N2/c1-12(17-15-8-3-2-4-9-15)14-7-5-6-13(10-14)11-16/h2-10,12,17H,1H3/t12-/m0/s1. The van der Waals surface area contributed by atoms with Crippen LogP contribution in [0.4, 0.5) is 5.69 Å². The van der Waals surface area contributed by atoms with Crippen molar-refractivity contribution in [1.29, 1.82) is 5.26 Å². The molecule has 0 saturated heterocycles. The molecule has 0 spiro atoms. The maximum absolute atomic E-state index is 8.86. The second-order valence-corrected chi connectivity index (χ2v) is 3.97. The van der Waals surface area contributed by atoms with Crippen LogP contribution in [0.15, 0.2) is 54.6 Å². The van der Waals surface area contributed by atoms with E-state index in [4.69, 9.17) is 5.26 Å². The molecule has 2 heteroatoms. The summed E-state index contributed by atoms with van der Waals surface area (Å²) in [5.41, 5.74) is 2.90. The minimum atomic E-state index is 0.186. The number of nitrogens with one attached hydrogen (secondary N) is 1. The molecule has 0 aliphatic carbocycles. The van der Waals surface area contributed by atoms with E-state index < -0.39 is 0 Å². The van der Waals surface area contributed by atoms with Crippen LogP contribution in [0.3, 0.4) is 0 Å². The van der Waals surface area contributed by atoms with Crippen molar-refractivity contribution in [2.45, 2.75) is 13.0 Å². The minimum absolute atomic E-state index is 0.186. The molecule has 17 heavy (non-hydrogen) atoms. The third-order valence-electron chi connectivity index (χ3n) is 2.67. The Morgan fingerprint density at radius 2 is 1.82 bits per heavy atom. The van der Waals surface area contributed by atoms with Crippen molar-refractivity contribution in [3.8, 4) is 6.07 Å². The van der Waals surface area contributed by atoms with Crippen molar-refractivity contribution >= 4 is 5.69 Å². The first kappa shape index (κ1) is 11.2. The summed E-state index contributed by atoms with van der Waals surface area (Å²) in [5, 5.41) is 12.3. The predicted molar refractivity (Wildman–Crippen MR) is 69.6 cm³/mol. The van der Waals surface area contributed by atoms with Gasteiger partial charge in [-0.3, -0.25) is 0 Å². The lowest BCUT2D eigenvalue weighted by molar-refractivity contribution is 0.884. The molecular formula is C15H14N2. The van der Waals surface area contributed by atoms with Gasteiger partial charge in [0.05, 0.1) is 11.6 Å². The molecule has 0 aromatic heterocycles. The fraction of sp³-hybridized carbons (Fsp3) is 0.133. The van der Waals surface area contributed by atoms with Gasteiger partial charge in [-0.15, -0.1) is 0 Å². The van der Waals surface area contributed by atoms with Gasteiger partial charge in [0.25, 0.3) is 0 Å². The summed E-state index contributed by atoms with van der Waals surface area (Å²) in [6.45, 7) is 2.09. The highest BCUT2D eigenvalue weighted by Gasteiger charge is 2.05. The van der Waals surface area contributed by atoms with E-state index >= 15 is 0 Å². The van der Waals surface area contributed by atoms with Gasteiger partial charge < -0.3 is 5.32 Å². The lowest BCUT2D eigenvalue weighted by Crippen LogP contribution is -2.06. The van der Waals surface area contributed by atoms with Crippen LogP contribution >= 0.6 is 0 Å². The number of nitrogens with zero attached hydrogens (tertiary/aromatic N) is 1. The molecule has 0 heterocycles. The monoisotopic (exact) mass is 222 g/mol. The minimum Gasteiger partial charge on any atom is -0.379 e. The zero-order valence-corrected chi connectivity index (χ0v) is 9.72. The molecule has 2 nitrogen and oxygen atoms in total. The highest BCUT2D eigenvalue weighted by Crippen LogP contribution is 2.19. The van der Waals surface area contributed by atoms with Gasteiger partial charge in [-0.25, -0.2) is 0 Å². The molecule has 0 unspecified atom stereocenters. The third-order valence-corrected chi connectivity index (χ3v) is 2.67. The molecule has 0 amide bonds. The highest BCUT2D eigenvalue weighted by molar-refractivity contribution is 5.45. The molecule has 0 aliphatic rings. The van der Waals surface area contributed by atoms with E-state index in [1.807, 2.05) is 54.6 Å². The Morgan fingerprint density at radius 1 is 1.06 bits per heavy atom. The van der Waals surface area contributed by atoms with Gasteiger partial charge in [-0.1, -0.05) is 30.3 Å². The van der Waals surface area contributed by atoms with Crippen molar-refractivity contribution < 1.29 is 0 Å². The molecule has 1 N–H and O–H groups in total. The van der Waals surface area contributed by atoms with Crippen molar-refractivity contribution in [1.82, 2.24) is 0 Å². The summed E-state index contributed by atoms with van der Waals surface area (Å²) in [6.07, 6.45) is 0. The quantitative estimate of drug-likeness (QED) is 0.858. The number of anilines is 1. The maximum Gasteiger partial charge on any atom is 0.0991 e. The molecular weight excluding hydrogens is 208 g/mol. The van der Waals surface area contributed by atoms with Crippen LogP contribution in [0.5, 0.6) is 0 Å². The summed E-state index contributed by atoms with van der Waals surface area (Å²) in [6, 6.07) is 20.1. The smallest absolute Gasteiger partial charge is 0.0991 e. The van der Waals surface area contributed by atoms with Crippen LogP contribution in [0.1, 0.15) is 24.1 Å². The van der Waals surface area contributed by atoms with E-state index in [1.54, 1.807) is 0 Å². The largest absolute Gasteiger partial charge is 0.379 e. The van der Waals surface area contributed by atoms with Gasteiger partial charge in [0, 0.05) is 11.7 Å². The number of hydrogen-bond acceptors (Lipinski definition) is 2. The van der Waals surface area contributed by atoms with E-state index in [0.717, 1.165) is 11.3 Å². The summed E-state index contributed by atoms with van der Waals surface area (Å²) in [7, 11) is 0. The maximum atomic E-state index is 8.86. The molecule has 2 rings (SSSR count). The van der Waals surface area contributed by atoms with Gasteiger partial charge in [-0.05, 0) is 36.8 Å². The normalized spacial score (nSPS) is 11.5. The van der Waals surface area contributed by atoms with Crippen LogP contribution in [-0.4, -0.2) is 0 Å². The molecule has 0 saturated carbocycles. The molecule has 0 aliphatic heterocycles. The third kappa shape index (κ3) is 2.85. The Balaban J connectivity index is 2.15. The molecule has 1 atom stereocenters. The fourth-order valence-electron chi connectivity index (χ4n) is 1.75. The Labute approximate surface area is 102 Å². The van der Waals surface area contributed by atoms with Gasteiger partial charge in [0.15, 0.2) is 0 Å². The molecule has 2 aromatic rings. The van der Waals surface area contributed by atoms with Crippen LogP contribution in [0.2, 0.25) is 0 Å². The zero-order valence-electron chi connectivity index (χ0n) is 9.72. The number of hydrogen-bond donors (Lipinski definition) is 1. The SMILES string of the molecule is C[C@H](Nc1ccccc1)c1cccc(C#N)c1. The Morgan fingerprint density at radius 3 is 2.53 bits per heavy atom. The van der Waals surface area contributed by atoms with Crippen LogP contribution < -0.4 is 5.32 Å². The van der Waals surface area contributed by atoms with Gasteiger partial charge in [0.1, 0.15) is 0 Å². The number of para-hydroxylation sites is 1. The molecule has 0 bridgehead atoms. The van der Waals surface area contributed by atoms with Crippen molar-refractivity contribution in [2.24, 2.45) is 0 Å². The van der Waals surface area contributed by atoms with Gasteiger partial charge >= 0.3 is 0 Å². The van der Waals surface area contributed by atoms with E-state index in [2.05, 4.69) is 18.3 Å². The summed E-state index contributed by atoms with van der Waals surface area (Å²) in [4.78, 5) is 0. The molecule has 2 aromatic carbocycles. The van der Waals surface area contributed by atoms with E-state index in [1.165, 1.54) is 0 Å². The lowest BCUT2D eigenvalue weighted by atomic mass is 10.1. The topological polar surface area (TPSA) is 35.8 Å². The van der Waals surface area contributed by atoms with Gasteiger partial charge in [0.2, 0.25) is 0 Å². The molecule has 0 fully saturated rings. The first-order valence-corrected chi connectivity index (χ1v) is 5.61. The van der Waals surface area contributed by atoms with E-state index in [9.17, 15) is 0 Å². The van der Waals surface area contributed by atoms with Crippen LogP contribution in [0, 0.1) is 11.3 Å². The van der Waals surface area contributed by atoms with E-state index in [-0.39, 0.29) is 6.04 Å². The van der Waals surface area contributed by atoms with Crippen molar-refractivity contribution in [2.75, 3.05) is 5.32 Å². The summed E-state index contributed by atoms with van der Waals surface area (Å²) >= 11 is 0. The van der Waals surface area contributed by atoms with E-state index in [0.29, 0.717) is 5.56 Å². The number of benzene rings is 2. The predicted octanol–water partition coefficient (Wildman–Crippen LogP) is 3.73. The lowest BCUT2D eigenvalue weighted by Gasteiger charge is -2.15. The molecule has 84 valence electrons. The average molecular weight is 222 g/mol. The average Bonchev–Trinajstić information content (AvgIpc) is 2.40. The van der Waals surface area contributed by atoms with Crippen LogP contribution in [-0.2, 0) is 0 Å². The fourth-order valence-corrected chi connectivity index (χ4v) is 1.75. The van der Waals surface area contributed by atoms with Crippen molar-refractivity contribution in [3.63, 3.8) is 0 Å². The summed E-state index contributed by atoms with van der Waals surface area (Å²) < 4.78 is 0.